The van der Waals surface area contributed by atoms with E-state index in [0.717, 1.165) is 24.7 Å². The molecule has 0 aliphatic rings. The van der Waals surface area contributed by atoms with E-state index in [2.05, 4.69) is 10.3 Å². The maximum atomic E-state index is 15.9. The maximum Gasteiger partial charge on any atom is 0.404 e. The van der Waals surface area contributed by atoms with Crippen molar-refractivity contribution in [2.75, 3.05) is 6.26 Å². The van der Waals surface area contributed by atoms with Crippen molar-refractivity contribution in [1.82, 2.24) is 14.3 Å². The zero-order valence-corrected chi connectivity index (χ0v) is 22.2. The van der Waals surface area contributed by atoms with Gasteiger partial charge < -0.3 is 10.4 Å². The minimum Gasteiger partial charge on any atom is -0.465 e. The minimum absolute atomic E-state index is 0.164. The van der Waals surface area contributed by atoms with Gasteiger partial charge in [-0.25, -0.2) is 35.0 Å². The number of carbonyl (C=O) groups is 1. The van der Waals surface area contributed by atoms with Crippen LogP contribution in [0.2, 0.25) is 0 Å². The van der Waals surface area contributed by atoms with E-state index in [4.69, 9.17) is 0 Å². The van der Waals surface area contributed by atoms with Crippen molar-refractivity contribution in [1.29, 1.82) is 0 Å². The minimum atomic E-state index is -4.56. The number of hydrogen-bond acceptors (Lipinski definition) is 6. The Morgan fingerprint density at radius 2 is 1.81 bits per heavy atom. The van der Waals surface area contributed by atoms with Gasteiger partial charge >= 0.3 is 6.09 Å². The van der Waals surface area contributed by atoms with Crippen LogP contribution in [0, 0.1) is 17.2 Å². The average molecular weight is 556 g/mol. The number of pyridine rings is 1. The molecule has 1 amide bonds. The summed E-state index contributed by atoms with van der Waals surface area (Å²) in [5.41, 5.74) is -1.67. The molecule has 3 aromatic rings. The van der Waals surface area contributed by atoms with Crippen molar-refractivity contribution < 1.29 is 35.5 Å². The van der Waals surface area contributed by atoms with E-state index in [1.54, 1.807) is 20.8 Å². The average Bonchev–Trinajstić information content (AvgIpc) is 3.08. The Morgan fingerprint density at radius 1 is 1.14 bits per heavy atom. The lowest BCUT2D eigenvalue weighted by atomic mass is 9.83. The third-order valence-corrected chi connectivity index (χ3v) is 8.16. The molecule has 9 nitrogen and oxygen atoms in total. The van der Waals surface area contributed by atoms with Crippen LogP contribution in [0.25, 0.3) is 11.3 Å². The fourth-order valence-corrected chi connectivity index (χ4v) is 6.05. The van der Waals surface area contributed by atoms with Gasteiger partial charge in [0.15, 0.2) is 15.7 Å². The molecule has 0 spiro atoms. The molecule has 3 rings (SSSR count). The molecular weight excluding hydrogens is 528 g/mol. The second kappa shape index (κ2) is 10.2. The van der Waals surface area contributed by atoms with Gasteiger partial charge in [-0.1, -0.05) is 32.9 Å². The Bertz CT molecular complexity index is 1540. The van der Waals surface area contributed by atoms with Crippen LogP contribution in [0.3, 0.4) is 0 Å². The Hall–Kier alpha value is -3.32. The van der Waals surface area contributed by atoms with Gasteiger partial charge in [-0.05, 0) is 41.7 Å². The van der Waals surface area contributed by atoms with Crippen LogP contribution in [0.1, 0.15) is 31.9 Å². The number of nitrogens with zero attached hydrogens (tertiary/aromatic N) is 2. The molecule has 0 fully saturated rings. The van der Waals surface area contributed by atoms with Crippen LogP contribution in [-0.4, -0.2) is 49.3 Å². The van der Waals surface area contributed by atoms with Crippen molar-refractivity contribution >= 4 is 26.0 Å². The van der Waals surface area contributed by atoms with Crippen LogP contribution >= 0.6 is 0 Å². The summed E-state index contributed by atoms with van der Waals surface area (Å²) in [7, 11) is -8.03. The third kappa shape index (κ3) is 6.52. The summed E-state index contributed by atoms with van der Waals surface area (Å²) in [6, 6.07) is 6.83. The van der Waals surface area contributed by atoms with E-state index in [-0.39, 0.29) is 22.4 Å². The number of aromatic nitrogens is 2. The number of amides is 1. The molecule has 0 aliphatic carbocycles. The molecule has 2 N–H and O–H groups in total. The second-order valence-electron chi connectivity index (χ2n) is 9.75. The summed E-state index contributed by atoms with van der Waals surface area (Å²) < 4.78 is 81.9. The monoisotopic (exact) mass is 555 g/mol. The Balaban J connectivity index is 2.24. The van der Waals surface area contributed by atoms with Gasteiger partial charge in [0.05, 0.1) is 16.2 Å². The normalized spacial score (nSPS) is 13.4. The number of hydrogen-bond donors (Lipinski definition) is 2. The number of sulfone groups is 1. The van der Waals surface area contributed by atoms with Gasteiger partial charge in [0.1, 0.15) is 5.69 Å². The molecule has 0 radical (unpaired) electrons. The molecule has 0 saturated carbocycles. The van der Waals surface area contributed by atoms with Crippen molar-refractivity contribution in [3.8, 4) is 11.3 Å². The highest BCUT2D eigenvalue weighted by Crippen LogP contribution is 2.34. The van der Waals surface area contributed by atoms with Crippen molar-refractivity contribution in [2.45, 2.75) is 43.9 Å². The largest absolute Gasteiger partial charge is 0.465 e. The van der Waals surface area contributed by atoms with Crippen LogP contribution in [0.5, 0.6) is 0 Å². The van der Waals surface area contributed by atoms with Crippen LogP contribution < -0.4 is 5.32 Å². The standard InChI is InChI=1S/C24H27F2N3O6S2/c1-24(2,3)19(28-23(30)31)12-16-13-29(21(20(16)25)18-9-6-10-27-22(18)26)37(34,35)17-8-5-7-15(11-17)14-36(4,32)33/h5-11,13,19,28H,12,14H2,1-4H3,(H,30,31). The first-order valence-electron chi connectivity index (χ1n) is 11.0. The number of nitrogens with one attached hydrogen (secondary N) is 1. The molecule has 1 unspecified atom stereocenters. The quantitative estimate of drug-likeness (QED) is 0.403. The summed E-state index contributed by atoms with van der Waals surface area (Å²) in [5.74, 6) is -2.58. The molecule has 0 bridgehead atoms. The Labute approximate surface area is 214 Å². The molecule has 2 aromatic heterocycles. The fourth-order valence-electron chi connectivity index (χ4n) is 3.80. The van der Waals surface area contributed by atoms with Crippen LogP contribution in [-0.2, 0) is 32.0 Å². The molecule has 0 aliphatic heterocycles. The lowest BCUT2D eigenvalue weighted by Gasteiger charge is -2.30. The van der Waals surface area contributed by atoms with Gasteiger partial charge in [-0.3, -0.25) is 0 Å². The molecule has 200 valence electrons. The molecule has 2 heterocycles. The third-order valence-electron chi connectivity index (χ3n) is 5.65. The van der Waals surface area contributed by atoms with E-state index >= 15 is 4.39 Å². The molecule has 0 saturated heterocycles. The predicted octanol–water partition coefficient (Wildman–Crippen LogP) is 3.83. The first-order chi connectivity index (χ1) is 17.0. The Morgan fingerprint density at radius 3 is 2.38 bits per heavy atom. The first-order valence-corrected chi connectivity index (χ1v) is 14.5. The topological polar surface area (TPSA) is 135 Å². The van der Waals surface area contributed by atoms with E-state index < -0.39 is 66.2 Å². The van der Waals surface area contributed by atoms with E-state index in [1.165, 1.54) is 30.3 Å². The zero-order chi connectivity index (χ0) is 27.8. The number of carboxylic acid groups (broad SMARTS) is 1. The lowest BCUT2D eigenvalue weighted by Crippen LogP contribution is -2.44. The SMILES string of the molecule is CC(C)(C)C(Cc1cn(S(=O)(=O)c2cccc(CS(C)(=O)=O)c2)c(-c2cccnc2F)c1F)NC(=O)O. The molecule has 1 aromatic carbocycles. The van der Waals surface area contributed by atoms with Gasteiger partial charge in [0.2, 0.25) is 5.95 Å². The molecular formula is C24H27F2N3O6S2. The van der Waals surface area contributed by atoms with Gasteiger partial charge in [0.25, 0.3) is 10.0 Å². The summed E-state index contributed by atoms with van der Waals surface area (Å²) in [4.78, 5) is 14.5. The van der Waals surface area contributed by atoms with E-state index in [0.29, 0.717) is 3.97 Å². The van der Waals surface area contributed by atoms with Gasteiger partial charge in [-0.15, -0.1) is 0 Å². The molecule has 37 heavy (non-hydrogen) atoms. The van der Waals surface area contributed by atoms with Crippen molar-refractivity contribution in [2.24, 2.45) is 5.41 Å². The zero-order valence-electron chi connectivity index (χ0n) is 20.6. The van der Waals surface area contributed by atoms with E-state index in [9.17, 15) is 31.1 Å². The van der Waals surface area contributed by atoms with Crippen molar-refractivity contribution in [3.05, 3.63) is 71.7 Å². The summed E-state index contributed by atoms with van der Waals surface area (Å²) >= 11 is 0. The number of benzene rings is 1. The van der Waals surface area contributed by atoms with Gasteiger partial charge in [-0.2, -0.15) is 4.39 Å². The number of halogens is 2. The maximum absolute atomic E-state index is 15.9. The fraction of sp³-hybridized carbons (Fsp3) is 0.333. The smallest absolute Gasteiger partial charge is 0.404 e. The summed E-state index contributed by atoms with van der Waals surface area (Å²) in [5, 5.41) is 11.6. The van der Waals surface area contributed by atoms with Crippen molar-refractivity contribution in [3.63, 3.8) is 0 Å². The lowest BCUT2D eigenvalue weighted by molar-refractivity contribution is 0.174. The van der Waals surface area contributed by atoms with Gasteiger partial charge in [0, 0.05) is 30.3 Å². The highest BCUT2D eigenvalue weighted by Gasteiger charge is 2.33. The van der Waals surface area contributed by atoms with Crippen LogP contribution in [0.4, 0.5) is 13.6 Å². The molecule has 13 heteroatoms. The molecule has 1 atom stereocenters. The predicted molar refractivity (Wildman–Crippen MR) is 133 cm³/mol. The summed E-state index contributed by atoms with van der Waals surface area (Å²) in [6.07, 6.45) is 1.54. The highest BCUT2D eigenvalue weighted by atomic mass is 32.2. The van der Waals surface area contributed by atoms with E-state index in [1.807, 2.05) is 0 Å². The summed E-state index contributed by atoms with van der Waals surface area (Å²) in [6.45, 7) is 5.19. The highest BCUT2D eigenvalue weighted by molar-refractivity contribution is 7.90. The first kappa shape index (κ1) is 28.3. The Kier molecular flexibility index (Phi) is 7.80. The second-order valence-corrected chi connectivity index (χ2v) is 13.7. The van der Waals surface area contributed by atoms with Crippen LogP contribution in [0.15, 0.2) is 53.7 Å². The number of rotatable bonds is 8.